The zero-order valence-electron chi connectivity index (χ0n) is 25.2. The quantitative estimate of drug-likeness (QED) is 0.164. The number of urea groups is 1. The third-order valence-electron chi connectivity index (χ3n) is 7.76. The maximum absolute atomic E-state index is 12.3. The van der Waals surface area contributed by atoms with Crippen molar-refractivity contribution in [3.63, 3.8) is 0 Å². The van der Waals surface area contributed by atoms with Crippen molar-refractivity contribution < 1.29 is 19.4 Å². The lowest BCUT2D eigenvalue weighted by molar-refractivity contribution is -0.252. The highest BCUT2D eigenvalue weighted by atomic mass is 16.7. The Morgan fingerprint density at radius 2 is 1.52 bits per heavy atom. The van der Waals surface area contributed by atoms with E-state index in [1.807, 2.05) is 72.8 Å². The van der Waals surface area contributed by atoms with Gasteiger partial charge in [0.25, 0.3) is 0 Å². The lowest BCUT2D eigenvalue weighted by Gasteiger charge is -2.37. The average molecular weight is 592 g/mol. The molecule has 4 aromatic carbocycles. The lowest BCUT2D eigenvalue weighted by atomic mass is 9.99. The van der Waals surface area contributed by atoms with E-state index in [2.05, 4.69) is 65.6 Å². The van der Waals surface area contributed by atoms with Crippen LogP contribution in [0.15, 0.2) is 116 Å². The Hall–Kier alpha value is -4.27. The zero-order valence-corrected chi connectivity index (χ0v) is 25.2. The maximum atomic E-state index is 12.3. The number of nitrogens with zero attached hydrogens (tertiary/aromatic N) is 1. The van der Waals surface area contributed by atoms with Crippen molar-refractivity contribution in [3.05, 3.63) is 144 Å². The van der Waals surface area contributed by atoms with Crippen LogP contribution in [0.4, 0.5) is 4.79 Å². The first kappa shape index (κ1) is 31.2. The second-order valence-corrected chi connectivity index (χ2v) is 11.2. The Balaban J connectivity index is 1.24. The molecule has 0 radical (unpaired) electrons. The summed E-state index contributed by atoms with van der Waals surface area (Å²) in [6.07, 6.45) is 1.98. The number of rotatable bonds is 12. The molecule has 0 aromatic heterocycles. The highest BCUT2D eigenvalue weighted by Crippen LogP contribution is 2.38. The fourth-order valence-corrected chi connectivity index (χ4v) is 5.39. The molecule has 3 atom stereocenters. The minimum absolute atomic E-state index is 0.0162. The Morgan fingerprint density at radius 1 is 0.841 bits per heavy atom. The van der Waals surface area contributed by atoms with Crippen molar-refractivity contribution in [3.8, 4) is 11.1 Å². The standard InChI is InChI=1S/C37H41N3O4/c1-3-20-40(2)25-34-22-35(31-14-12-28(26-41)13-15-31)44-36(43-34)32-18-16-30(17-19-32)33-11-7-10-29(21-33)24-39-37(42)38-23-27-8-5-4-6-9-27/h3-19,21,34-36,41H,1,20,22-26H2,2H3,(H2,38,39,42)/t34-,35+,36+/m1/s1. The van der Waals surface area contributed by atoms with E-state index in [0.717, 1.165) is 58.5 Å². The second kappa shape index (κ2) is 15.5. The van der Waals surface area contributed by atoms with Gasteiger partial charge in [-0.1, -0.05) is 103 Å². The summed E-state index contributed by atoms with van der Waals surface area (Å²) in [6.45, 7) is 6.33. The van der Waals surface area contributed by atoms with Crippen LogP contribution in [0.3, 0.4) is 0 Å². The molecular formula is C37H41N3O4. The number of ether oxygens (including phenoxy) is 2. The molecule has 5 rings (SSSR count). The number of carbonyl (C=O) groups is 1. The molecule has 0 spiro atoms. The predicted molar refractivity (Wildman–Crippen MR) is 174 cm³/mol. The van der Waals surface area contributed by atoms with Crippen LogP contribution >= 0.6 is 0 Å². The molecule has 3 N–H and O–H groups in total. The first-order chi connectivity index (χ1) is 21.5. The molecule has 1 saturated heterocycles. The molecule has 7 heteroatoms. The number of hydrogen-bond donors (Lipinski definition) is 3. The molecule has 0 saturated carbocycles. The van der Waals surface area contributed by atoms with Crippen LogP contribution in [0.5, 0.6) is 0 Å². The minimum atomic E-state index is -0.507. The monoisotopic (exact) mass is 591 g/mol. The van der Waals surface area contributed by atoms with Gasteiger partial charge >= 0.3 is 6.03 Å². The summed E-state index contributed by atoms with van der Waals surface area (Å²) >= 11 is 0. The van der Waals surface area contributed by atoms with Gasteiger partial charge in [-0.3, -0.25) is 0 Å². The fraction of sp³-hybridized carbons (Fsp3) is 0.270. The van der Waals surface area contributed by atoms with E-state index >= 15 is 0 Å². The first-order valence-electron chi connectivity index (χ1n) is 15.1. The van der Waals surface area contributed by atoms with Gasteiger partial charge < -0.3 is 30.1 Å². The zero-order chi connectivity index (χ0) is 30.7. The lowest BCUT2D eigenvalue weighted by Crippen LogP contribution is -2.37. The largest absolute Gasteiger partial charge is 0.392 e. The number of amides is 2. The van der Waals surface area contributed by atoms with Crippen molar-refractivity contribution in [2.75, 3.05) is 20.1 Å². The highest BCUT2D eigenvalue weighted by Gasteiger charge is 2.32. The van der Waals surface area contributed by atoms with Crippen LogP contribution in [-0.2, 0) is 29.2 Å². The molecular weight excluding hydrogens is 550 g/mol. The van der Waals surface area contributed by atoms with Gasteiger partial charge in [0.2, 0.25) is 0 Å². The van der Waals surface area contributed by atoms with E-state index in [4.69, 9.17) is 9.47 Å². The molecule has 228 valence electrons. The third kappa shape index (κ3) is 8.65. The van der Waals surface area contributed by atoms with E-state index in [9.17, 15) is 9.90 Å². The van der Waals surface area contributed by atoms with E-state index in [1.165, 1.54) is 0 Å². The van der Waals surface area contributed by atoms with Crippen molar-refractivity contribution in [2.24, 2.45) is 0 Å². The molecule has 1 aliphatic rings. The number of benzene rings is 4. The van der Waals surface area contributed by atoms with Gasteiger partial charge in [0.1, 0.15) is 0 Å². The van der Waals surface area contributed by atoms with Gasteiger partial charge in [0.15, 0.2) is 6.29 Å². The van der Waals surface area contributed by atoms with E-state index in [0.29, 0.717) is 13.1 Å². The summed E-state index contributed by atoms with van der Waals surface area (Å²) in [6, 6.07) is 34.0. The van der Waals surface area contributed by atoms with Gasteiger partial charge in [0, 0.05) is 38.2 Å². The Labute approximate surface area is 260 Å². The molecule has 0 aliphatic carbocycles. The highest BCUT2D eigenvalue weighted by molar-refractivity contribution is 5.74. The first-order valence-corrected chi connectivity index (χ1v) is 15.1. The molecule has 1 heterocycles. The van der Waals surface area contributed by atoms with E-state index in [-0.39, 0.29) is 24.8 Å². The van der Waals surface area contributed by atoms with Gasteiger partial charge in [-0.15, -0.1) is 6.58 Å². The van der Waals surface area contributed by atoms with Gasteiger partial charge in [-0.2, -0.15) is 0 Å². The van der Waals surface area contributed by atoms with Crippen molar-refractivity contribution in [2.45, 2.75) is 44.6 Å². The van der Waals surface area contributed by atoms with Gasteiger partial charge in [0.05, 0.1) is 18.8 Å². The topological polar surface area (TPSA) is 83.1 Å². The number of nitrogens with one attached hydrogen (secondary N) is 2. The van der Waals surface area contributed by atoms with Crippen LogP contribution in [0.2, 0.25) is 0 Å². The summed E-state index contributed by atoms with van der Waals surface area (Å²) in [5.41, 5.74) is 7.11. The minimum Gasteiger partial charge on any atom is -0.392 e. The van der Waals surface area contributed by atoms with Gasteiger partial charge in [-0.05, 0) is 46.5 Å². The van der Waals surface area contributed by atoms with Crippen LogP contribution in [0.1, 0.15) is 46.6 Å². The maximum Gasteiger partial charge on any atom is 0.315 e. The molecule has 7 nitrogen and oxygen atoms in total. The summed E-state index contributed by atoms with van der Waals surface area (Å²) in [7, 11) is 2.07. The SMILES string of the molecule is C=CCN(C)C[C@H]1C[C@@H](c2ccc(CO)cc2)O[C@@H](c2ccc(-c3cccc(CNC(=O)NCc4ccccc4)c3)cc2)O1. The molecule has 0 unspecified atom stereocenters. The van der Waals surface area contributed by atoms with E-state index in [1.54, 1.807) is 0 Å². The molecule has 1 aliphatic heterocycles. The van der Waals surface area contributed by atoms with Crippen molar-refractivity contribution in [1.82, 2.24) is 15.5 Å². The predicted octanol–water partition coefficient (Wildman–Crippen LogP) is 6.51. The second-order valence-electron chi connectivity index (χ2n) is 11.2. The third-order valence-corrected chi connectivity index (χ3v) is 7.76. The summed E-state index contributed by atoms with van der Waals surface area (Å²) in [4.78, 5) is 14.5. The summed E-state index contributed by atoms with van der Waals surface area (Å²) in [5.74, 6) is 0. The molecule has 2 amide bonds. The Morgan fingerprint density at radius 3 is 2.23 bits per heavy atom. The molecule has 44 heavy (non-hydrogen) atoms. The van der Waals surface area contributed by atoms with Gasteiger partial charge in [-0.25, -0.2) is 4.79 Å². The number of aliphatic hydroxyl groups excluding tert-OH is 1. The van der Waals surface area contributed by atoms with Crippen molar-refractivity contribution in [1.29, 1.82) is 0 Å². The summed E-state index contributed by atoms with van der Waals surface area (Å²) in [5, 5.41) is 15.3. The summed E-state index contributed by atoms with van der Waals surface area (Å²) < 4.78 is 13.0. The number of aliphatic hydroxyl groups is 1. The average Bonchev–Trinajstić information content (AvgIpc) is 3.07. The van der Waals surface area contributed by atoms with Crippen LogP contribution in [0, 0.1) is 0 Å². The van der Waals surface area contributed by atoms with E-state index < -0.39 is 6.29 Å². The molecule has 0 bridgehead atoms. The molecule has 1 fully saturated rings. The fourth-order valence-electron chi connectivity index (χ4n) is 5.39. The Bertz CT molecular complexity index is 1490. The smallest absolute Gasteiger partial charge is 0.315 e. The van der Waals surface area contributed by atoms with Crippen LogP contribution in [-0.4, -0.2) is 42.3 Å². The number of hydrogen-bond acceptors (Lipinski definition) is 5. The normalized spacial score (nSPS) is 18.1. The Kier molecular flexibility index (Phi) is 10.9. The molecule has 4 aromatic rings. The number of likely N-dealkylation sites (N-methyl/N-ethyl adjacent to an activating group) is 1. The van der Waals surface area contributed by atoms with Crippen LogP contribution in [0.25, 0.3) is 11.1 Å². The van der Waals surface area contributed by atoms with Crippen LogP contribution < -0.4 is 10.6 Å². The number of carbonyl (C=O) groups excluding carboxylic acids is 1. The van der Waals surface area contributed by atoms with Crippen molar-refractivity contribution >= 4 is 6.03 Å².